The number of aryl methyl sites for hydroxylation is 2. The number of anilines is 1. The Hall–Kier alpha value is -1.73. The monoisotopic (exact) mass is 443 g/mol. The maximum atomic E-state index is 12.7. The van der Waals surface area contributed by atoms with Gasteiger partial charge in [-0.1, -0.05) is 40.9 Å². The summed E-state index contributed by atoms with van der Waals surface area (Å²) in [7, 11) is -3.76. The van der Waals surface area contributed by atoms with Crippen molar-refractivity contribution in [3.63, 3.8) is 0 Å². The van der Waals surface area contributed by atoms with E-state index in [2.05, 4.69) is 9.82 Å². The third kappa shape index (κ3) is 4.58. The Bertz CT molecular complexity index is 1110. The Labute approximate surface area is 172 Å². The highest BCUT2D eigenvalue weighted by Crippen LogP contribution is 2.26. The van der Waals surface area contributed by atoms with E-state index in [1.54, 1.807) is 55.1 Å². The van der Waals surface area contributed by atoms with Crippen LogP contribution in [0, 0.1) is 13.8 Å². The highest BCUT2D eigenvalue weighted by atomic mass is 35.5. The van der Waals surface area contributed by atoms with E-state index in [0.717, 1.165) is 5.56 Å². The van der Waals surface area contributed by atoms with E-state index in [1.165, 1.54) is 6.20 Å². The molecule has 0 amide bonds. The lowest BCUT2D eigenvalue weighted by atomic mass is 10.2. The lowest BCUT2D eigenvalue weighted by molar-refractivity contribution is 0.600. The molecule has 0 radical (unpaired) electrons. The van der Waals surface area contributed by atoms with Crippen molar-refractivity contribution in [3.8, 4) is 0 Å². The van der Waals surface area contributed by atoms with Gasteiger partial charge in [-0.3, -0.25) is 9.40 Å². The quantitative estimate of drug-likeness (QED) is 0.580. The molecule has 1 aromatic heterocycles. The molecular weight excluding hydrogens is 429 g/mol. The van der Waals surface area contributed by atoms with Gasteiger partial charge in [-0.25, -0.2) is 8.42 Å². The molecule has 3 aromatic rings. The molecule has 0 unspecified atom stereocenters. The predicted molar refractivity (Wildman–Crippen MR) is 110 cm³/mol. The number of halogens is 3. The van der Waals surface area contributed by atoms with E-state index < -0.39 is 10.0 Å². The average molecular weight is 445 g/mol. The summed E-state index contributed by atoms with van der Waals surface area (Å²) >= 11 is 18.1. The number of benzene rings is 2. The zero-order valence-electron chi connectivity index (χ0n) is 14.5. The van der Waals surface area contributed by atoms with E-state index in [9.17, 15) is 8.42 Å². The molecule has 2 aromatic carbocycles. The maximum Gasteiger partial charge on any atom is 0.262 e. The second kappa shape index (κ2) is 7.72. The maximum absolute atomic E-state index is 12.7. The second-order valence-corrected chi connectivity index (χ2v) is 9.04. The lowest BCUT2D eigenvalue weighted by Crippen LogP contribution is -2.14. The molecule has 1 heterocycles. The summed E-state index contributed by atoms with van der Waals surface area (Å²) in [6.07, 6.45) is 3.04. The van der Waals surface area contributed by atoms with Gasteiger partial charge in [-0.2, -0.15) is 5.10 Å². The zero-order valence-corrected chi connectivity index (χ0v) is 17.6. The van der Waals surface area contributed by atoms with Crippen LogP contribution in [0.15, 0.2) is 47.6 Å². The lowest BCUT2D eigenvalue weighted by Gasteiger charge is -2.11. The van der Waals surface area contributed by atoms with E-state index in [-0.39, 0.29) is 4.90 Å². The topological polar surface area (TPSA) is 64.0 Å². The smallest absolute Gasteiger partial charge is 0.262 e. The van der Waals surface area contributed by atoms with Crippen LogP contribution in [-0.4, -0.2) is 18.2 Å². The number of hydrogen-bond acceptors (Lipinski definition) is 3. The van der Waals surface area contributed by atoms with E-state index in [0.29, 0.717) is 38.4 Å². The Morgan fingerprint density at radius 1 is 1.04 bits per heavy atom. The van der Waals surface area contributed by atoms with Crippen LogP contribution in [-0.2, 0) is 16.6 Å². The standard InChI is InChI=1S/C18H16Cl3N3O2S/c1-11-6-18(12(2)5-16(11)20)27(25,26)23-15-8-22-24(10-15)9-13-3-4-14(19)7-17(13)21/h3-8,10,23H,9H2,1-2H3. The molecule has 3 rings (SSSR count). The van der Waals surface area contributed by atoms with Crippen LogP contribution in [0.5, 0.6) is 0 Å². The van der Waals surface area contributed by atoms with Crippen LogP contribution in [0.3, 0.4) is 0 Å². The highest BCUT2D eigenvalue weighted by Gasteiger charge is 2.19. The first-order valence-electron chi connectivity index (χ1n) is 7.91. The molecular formula is C18H16Cl3N3O2S. The summed E-state index contributed by atoms with van der Waals surface area (Å²) in [5.41, 5.74) is 2.43. The fourth-order valence-corrected chi connectivity index (χ4v) is 4.61. The van der Waals surface area contributed by atoms with Gasteiger partial charge in [-0.05, 0) is 54.8 Å². The number of rotatable bonds is 5. The largest absolute Gasteiger partial charge is 0.276 e. The van der Waals surface area contributed by atoms with Crippen LogP contribution in [0.2, 0.25) is 15.1 Å². The van der Waals surface area contributed by atoms with E-state index in [4.69, 9.17) is 34.8 Å². The van der Waals surface area contributed by atoms with E-state index >= 15 is 0 Å². The third-order valence-corrected chi connectivity index (χ3v) is 6.50. The minimum Gasteiger partial charge on any atom is -0.276 e. The van der Waals surface area contributed by atoms with E-state index in [1.807, 2.05) is 0 Å². The first-order valence-corrected chi connectivity index (χ1v) is 10.5. The Kier molecular flexibility index (Phi) is 5.72. The van der Waals surface area contributed by atoms with Gasteiger partial charge in [0.05, 0.1) is 23.3 Å². The molecule has 0 aliphatic heterocycles. The predicted octanol–water partition coefficient (Wildman–Crippen LogP) is 5.31. The Morgan fingerprint density at radius 3 is 2.48 bits per heavy atom. The first kappa shape index (κ1) is 20.0. The summed E-state index contributed by atoms with van der Waals surface area (Å²) < 4.78 is 29.6. The molecule has 0 saturated carbocycles. The van der Waals surface area contributed by atoms with Gasteiger partial charge in [0.15, 0.2) is 0 Å². The normalized spacial score (nSPS) is 11.6. The Morgan fingerprint density at radius 2 is 1.78 bits per heavy atom. The number of hydrogen-bond donors (Lipinski definition) is 1. The van der Waals surface area contributed by atoms with Crippen LogP contribution in [0.25, 0.3) is 0 Å². The van der Waals surface area contributed by atoms with Crippen LogP contribution < -0.4 is 4.72 Å². The Balaban J connectivity index is 1.82. The fourth-order valence-electron chi connectivity index (χ4n) is 2.58. The summed E-state index contributed by atoms with van der Waals surface area (Å²) in [5, 5.41) is 5.78. The van der Waals surface area contributed by atoms with Gasteiger partial charge < -0.3 is 0 Å². The molecule has 0 atom stereocenters. The molecule has 9 heteroatoms. The van der Waals surface area contributed by atoms with Crippen molar-refractivity contribution < 1.29 is 8.42 Å². The molecule has 0 bridgehead atoms. The molecule has 27 heavy (non-hydrogen) atoms. The van der Waals surface area contributed by atoms with Gasteiger partial charge in [0.1, 0.15) is 0 Å². The molecule has 5 nitrogen and oxygen atoms in total. The molecule has 0 aliphatic rings. The van der Waals surface area contributed by atoms with Crippen LogP contribution in [0.4, 0.5) is 5.69 Å². The van der Waals surface area contributed by atoms with Gasteiger partial charge >= 0.3 is 0 Å². The van der Waals surface area contributed by atoms with Crippen LogP contribution in [0.1, 0.15) is 16.7 Å². The minimum atomic E-state index is -3.76. The number of aromatic nitrogens is 2. The van der Waals surface area contributed by atoms with Crippen molar-refractivity contribution in [2.24, 2.45) is 0 Å². The second-order valence-electron chi connectivity index (χ2n) is 6.13. The molecule has 0 saturated heterocycles. The van der Waals surface area contributed by atoms with Gasteiger partial charge in [0.2, 0.25) is 0 Å². The van der Waals surface area contributed by atoms with Crippen LogP contribution >= 0.6 is 34.8 Å². The fraction of sp³-hybridized carbons (Fsp3) is 0.167. The molecule has 0 fully saturated rings. The number of nitrogens with zero attached hydrogens (tertiary/aromatic N) is 2. The highest BCUT2D eigenvalue weighted by molar-refractivity contribution is 7.92. The van der Waals surface area contributed by atoms with Crippen molar-refractivity contribution >= 4 is 50.5 Å². The average Bonchev–Trinajstić information content (AvgIpc) is 2.99. The summed E-state index contributed by atoms with van der Waals surface area (Å²) in [5.74, 6) is 0. The minimum absolute atomic E-state index is 0.179. The first-order chi connectivity index (χ1) is 12.7. The van der Waals surface area contributed by atoms with Gasteiger partial charge in [0.25, 0.3) is 10.0 Å². The SMILES string of the molecule is Cc1cc(S(=O)(=O)Nc2cnn(Cc3ccc(Cl)cc3Cl)c2)c(C)cc1Cl. The van der Waals surface area contributed by atoms with Gasteiger partial charge in [0, 0.05) is 21.3 Å². The van der Waals surface area contributed by atoms with Crippen molar-refractivity contribution in [2.45, 2.75) is 25.3 Å². The molecule has 0 spiro atoms. The van der Waals surface area contributed by atoms with Crippen molar-refractivity contribution in [2.75, 3.05) is 4.72 Å². The van der Waals surface area contributed by atoms with Gasteiger partial charge in [-0.15, -0.1) is 0 Å². The summed E-state index contributed by atoms with van der Waals surface area (Å²) in [4.78, 5) is 0.179. The zero-order chi connectivity index (χ0) is 19.8. The molecule has 142 valence electrons. The van der Waals surface area contributed by atoms with Crippen molar-refractivity contribution in [3.05, 3.63) is 74.5 Å². The summed E-state index contributed by atoms with van der Waals surface area (Å²) in [6.45, 7) is 3.84. The van der Waals surface area contributed by atoms with Crippen molar-refractivity contribution in [1.82, 2.24) is 9.78 Å². The molecule has 1 N–H and O–H groups in total. The third-order valence-electron chi connectivity index (χ3n) is 3.98. The summed E-state index contributed by atoms with van der Waals surface area (Å²) in [6, 6.07) is 8.38. The van der Waals surface area contributed by atoms with Crippen molar-refractivity contribution in [1.29, 1.82) is 0 Å². The molecule has 0 aliphatic carbocycles. The number of sulfonamides is 1. The number of nitrogens with one attached hydrogen (secondary N) is 1.